The summed E-state index contributed by atoms with van der Waals surface area (Å²) in [5.41, 5.74) is 0.790. The summed E-state index contributed by atoms with van der Waals surface area (Å²) in [7, 11) is 0. The zero-order chi connectivity index (χ0) is 15.6. The van der Waals surface area contributed by atoms with E-state index in [4.69, 9.17) is 4.42 Å². The molecule has 3 rings (SSSR count). The lowest BCUT2D eigenvalue weighted by atomic mass is 10.1. The smallest absolute Gasteiger partial charge is 0.299 e. The molecule has 2 N–H and O–H groups in total. The summed E-state index contributed by atoms with van der Waals surface area (Å²) >= 11 is 3.44. The van der Waals surface area contributed by atoms with Gasteiger partial charge in [-0.15, -0.1) is 0 Å². The minimum Gasteiger partial charge on any atom is -0.423 e. The largest absolute Gasteiger partial charge is 0.423 e. The monoisotopic (exact) mass is 358 g/mol. The van der Waals surface area contributed by atoms with Crippen LogP contribution in [-0.2, 0) is 0 Å². The number of halogens is 1. The molecule has 2 aromatic rings. The van der Waals surface area contributed by atoms with Crippen molar-refractivity contribution in [3.63, 3.8) is 0 Å². The molecule has 0 saturated heterocycles. The van der Waals surface area contributed by atoms with Crippen molar-refractivity contribution < 1.29 is 9.52 Å². The van der Waals surface area contributed by atoms with Crippen LogP contribution in [0, 0.1) is 0 Å². The predicted molar refractivity (Wildman–Crippen MR) is 90.2 cm³/mol. The van der Waals surface area contributed by atoms with Crippen LogP contribution < -0.4 is 5.32 Å². The number of benzene rings is 1. The number of oxazole rings is 1. The Balaban J connectivity index is 1.78. The quantitative estimate of drug-likeness (QED) is 0.859. The first-order chi connectivity index (χ1) is 10.5. The number of nitrogens with zero attached hydrogens (tertiary/aromatic N) is 1. The lowest BCUT2D eigenvalue weighted by molar-refractivity contribution is 0.164. The molecule has 1 aromatic heterocycles. The van der Waals surface area contributed by atoms with E-state index in [1.165, 1.54) is 0 Å². The van der Waals surface area contributed by atoms with Crippen molar-refractivity contribution >= 4 is 21.9 Å². The van der Waals surface area contributed by atoms with E-state index in [1.807, 2.05) is 30.3 Å². The van der Waals surface area contributed by atoms with Crippen LogP contribution in [-0.4, -0.2) is 15.7 Å². The van der Waals surface area contributed by atoms with Crippen LogP contribution in [0.25, 0.3) is 11.3 Å². The third-order valence-electron chi connectivity index (χ3n) is 3.18. The van der Waals surface area contributed by atoms with Crippen molar-refractivity contribution in [2.24, 2.45) is 0 Å². The van der Waals surface area contributed by atoms with Gasteiger partial charge < -0.3 is 14.8 Å². The third-order valence-corrected chi connectivity index (χ3v) is 3.67. The molecule has 1 aliphatic rings. The summed E-state index contributed by atoms with van der Waals surface area (Å²) in [5, 5.41) is 13.0. The van der Waals surface area contributed by atoms with E-state index in [-0.39, 0.29) is 0 Å². The van der Waals surface area contributed by atoms with Crippen LogP contribution in [0.15, 0.2) is 75.4 Å². The first-order valence-electron chi connectivity index (χ1n) is 6.82. The Bertz CT molecular complexity index is 772. The van der Waals surface area contributed by atoms with E-state index in [9.17, 15) is 5.11 Å². The van der Waals surface area contributed by atoms with Gasteiger partial charge >= 0.3 is 0 Å². The minimum absolute atomic E-state index is 0.404. The molecule has 0 fully saturated rings. The zero-order valence-corrected chi connectivity index (χ0v) is 13.5. The summed E-state index contributed by atoms with van der Waals surface area (Å²) < 4.78 is 6.70. The summed E-state index contributed by atoms with van der Waals surface area (Å²) in [5.74, 6) is 0.685. The van der Waals surface area contributed by atoms with Gasteiger partial charge in [-0.1, -0.05) is 34.1 Å². The first-order valence-corrected chi connectivity index (χ1v) is 7.61. The fourth-order valence-corrected chi connectivity index (χ4v) is 2.43. The average molecular weight is 359 g/mol. The number of hydrogen-bond acceptors (Lipinski definition) is 4. The molecule has 5 heteroatoms. The van der Waals surface area contributed by atoms with Gasteiger partial charge in [0.2, 0.25) is 0 Å². The minimum atomic E-state index is -0.946. The Morgan fingerprint density at radius 3 is 3.00 bits per heavy atom. The van der Waals surface area contributed by atoms with E-state index in [2.05, 4.69) is 26.2 Å². The van der Waals surface area contributed by atoms with Crippen LogP contribution in [0.5, 0.6) is 0 Å². The second kappa shape index (κ2) is 5.94. The topological polar surface area (TPSA) is 58.3 Å². The summed E-state index contributed by atoms with van der Waals surface area (Å²) in [6.07, 6.45) is 10.5. The van der Waals surface area contributed by atoms with Gasteiger partial charge in [-0.2, -0.15) is 0 Å². The predicted octanol–water partition coefficient (Wildman–Crippen LogP) is 4.28. The van der Waals surface area contributed by atoms with Gasteiger partial charge in [0, 0.05) is 15.7 Å². The van der Waals surface area contributed by atoms with Gasteiger partial charge in [-0.25, -0.2) is 4.98 Å². The van der Waals surface area contributed by atoms with Crippen molar-refractivity contribution in [1.29, 1.82) is 0 Å². The second-order valence-corrected chi connectivity index (χ2v) is 6.12. The maximum atomic E-state index is 9.94. The number of allylic oxidation sites excluding steroid dienone is 3. The molecule has 112 valence electrons. The van der Waals surface area contributed by atoms with Gasteiger partial charge in [-0.3, -0.25) is 0 Å². The normalized spacial score (nSPS) is 20.6. The highest BCUT2D eigenvalue weighted by molar-refractivity contribution is 9.10. The Kier molecular flexibility index (Phi) is 4.00. The fraction of sp³-hybridized carbons (Fsp3) is 0.118. The molecular weight excluding hydrogens is 344 g/mol. The van der Waals surface area contributed by atoms with Gasteiger partial charge in [0.05, 0.1) is 11.8 Å². The van der Waals surface area contributed by atoms with Crippen molar-refractivity contribution in [2.45, 2.75) is 12.5 Å². The Hall–Kier alpha value is -2.11. The highest BCUT2D eigenvalue weighted by Gasteiger charge is 2.13. The molecule has 0 spiro atoms. The second-order valence-electron chi connectivity index (χ2n) is 5.21. The average Bonchev–Trinajstić information content (AvgIpc) is 2.86. The van der Waals surface area contributed by atoms with Gasteiger partial charge in [-0.05, 0) is 43.4 Å². The zero-order valence-electron chi connectivity index (χ0n) is 12.0. The van der Waals surface area contributed by atoms with Gasteiger partial charge in [0.15, 0.2) is 5.76 Å². The summed E-state index contributed by atoms with van der Waals surface area (Å²) in [4.78, 5) is 4.23. The van der Waals surface area contributed by atoms with Crippen molar-refractivity contribution in [3.05, 3.63) is 71.0 Å². The fourth-order valence-electron chi connectivity index (χ4n) is 2.03. The SMILES string of the molecule is CC1(O)C=CC=C(Nc2ncc(-c3cccc(Br)c3)o2)C=C1. The molecule has 1 aliphatic carbocycles. The maximum Gasteiger partial charge on any atom is 0.299 e. The van der Waals surface area contributed by atoms with E-state index >= 15 is 0 Å². The molecule has 1 aromatic carbocycles. The van der Waals surface area contributed by atoms with E-state index in [0.717, 1.165) is 15.7 Å². The van der Waals surface area contributed by atoms with Crippen molar-refractivity contribution in [2.75, 3.05) is 5.32 Å². The Morgan fingerprint density at radius 1 is 1.32 bits per heavy atom. The standard InChI is InChI=1S/C17H15BrN2O2/c1-17(21)8-3-6-14(7-9-17)20-16-19-11-15(22-16)12-4-2-5-13(18)10-12/h2-11,21H,1H3,(H,19,20). The van der Waals surface area contributed by atoms with Crippen LogP contribution in [0.3, 0.4) is 0 Å². The molecule has 1 atom stereocenters. The number of rotatable bonds is 3. The highest BCUT2D eigenvalue weighted by Crippen LogP contribution is 2.26. The lowest BCUT2D eigenvalue weighted by Gasteiger charge is -2.11. The molecule has 0 aliphatic heterocycles. The van der Waals surface area contributed by atoms with Crippen LogP contribution in [0.1, 0.15) is 6.92 Å². The number of nitrogens with one attached hydrogen (secondary N) is 1. The molecule has 1 unspecified atom stereocenters. The highest BCUT2D eigenvalue weighted by atomic mass is 79.9. The van der Waals surface area contributed by atoms with Gasteiger partial charge in [0.1, 0.15) is 0 Å². The lowest BCUT2D eigenvalue weighted by Crippen LogP contribution is -2.15. The van der Waals surface area contributed by atoms with Crippen molar-refractivity contribution in [3.8, 4) is 11.3 Å². The molecule has 4 nitrogen and oxygen atoms in total. The Morgan fingerprint density at radius 2 is 2.18 bits per heavy atom. The number of anilines is 1. The molecule has 1 heterocycles. The Labute approximate surface area is 137 Å². The van der Waals surface area contributed by atoms with E-state index in [1.54, 1.807) is 37.4 Å². The maximum absolute atomic E-state index is 9.94. The third kappa shape index (κ3) is 3.55. The molecule has 0 bridgehead atoms. The number of aromatic nitrogens is 1. The first kappa shape index (κ1) is 14.8. The van der Waals surface area contributed by atoms with E-state index in [0.29, 0.717) is 11.8 Å². The molecule has 0 radical (unpaired) electrons. The summed E-state index contributed by atoms with van der Waals surface area (Å²) in [6, 6.07) is 8.23. The van der Waals surface area contributed by atoms with Gasteiger partial charge in [0.25, 0.3) is 6.01 Å². The number of hydrogen-bond donors (Lipinski definition) is 2. The summed E-state index contributed by atoms with van der Waals surface area (Å²) in [6.45, 7) is 1.72. The molecular formula is C17H15BrN2O2. The van der Waals surface area contributed by atoms with Crippen LogP contribution in [0.4, 0.5) is 6.01 Å². The molecule has 0 amide bonds. The molecule has 0 saturated carbocycles. The number of aliphatic hydroxyl groups is 1. The van der Waals surface area contributed by atoms with Crippen molar-refractivity contribution in [1.82, 2.24) is 4.98 Å². The van der Waals surface area contributed by atoms with Crippen LogP contribution >= 0.6 is 15.9 Å². The van der Waals surface area contributed by atoms with E-state index < -0.39 is 5.60 Å². The van der Waals surface area contributed by atoms with Crippen LogP contribution in [0.2, 0.25) is 0 Å². The molecule has 22 heavy (non-hydrogen) atoms.